The van der Waals surface area contributed by atoms with E-state index in [2.05, 4.69) is 21.2 Å². The first-order valence-corrected chi connectivity index (χ1v) is 7.48. The monoisotopic (exact) mass is 377 g/mol. The van der Waals surface area contributed by atoms with Crippen LogP contribution in [0.2, 0.25) is 0 Å². The molecule has 2 aromatic rings. The van der Waals surface area contributed by atoms with Crippen molar-refractivity contribution in [2.45, 2.75) is 0 Å². The molecule has 0 atom stereocenters. The minimum Gasteiger partial charge on any atom is -0.452 e. The largest absolute Gasteiger partial charge is 0.452 e. The second-order valence-electron chi connectivity index (χ2n) is 4.52. The summed E-state index contributed by atoms with van der Waals surface area (Å²) >= 11 is 3.21. The summed E-state index contributed by atoms with van der Waals surface area (Å²) in [6.45, 7) is -0.418. The molecule has 0 aromatic heterocycles. The predicted octanol–water partition coefficient (Wildman–Crippen LogP) is 3.78. The topological polar surface area (TPSA) is 55.4 Å². The summed E-state index contributed by atoms with van der Waals surface area (Å²) in [7, 11) is 0. The van der Waals surface area contributed by atoms with E-state index in [0.717, 1.165) is 6.08 Å². The number of rotatable bonds is 5. The lowest BCUT2D eigenvalue weighted by molar-refractivity contribution is -0.142. The highest BCUT2D eigenvalue weighted by atomic mass is 79.9. The van der Waals surface area contributed by atoms with E-state index in [1.807, 2.05) is 6.07 Å². The van der Waals surface area contributed by atoms with Crippen molar-refractivity contribution in [3.8, 4) is 0 Å². The van der Waals surface area contributed by atoms with Crippen molar-refractivity contribution in [3.63, 3.8) is 0 Å². The van der Waals surface area contributed by atoms with Gasteiger partial charge in [-0.3, -0.25) is 4.79 Å². The molecule has 1 N–H and O–H groups in total. The van der Waals surface area contributed by atoms with Crippen LogP contribution in [0.15, 0.2) is 59.1 Å². The van der Waals surface area contributed by atoms with Crippen LogP contribution in [0.25, 0.3) is 6.08 Å². The minimum atomic E-state index is -0.729. The Labute approximate surface area is 141 Å². The first kappa shape index (κ1) is 16.9. The molecule has 2 rings (SSSR count). The van der Waals surface area contributed by atoms with Crippen LogP contribution in [0.3, 0.4) is 0 Å². The summed E-state index contributed by atoms with van der Waals surface area (Å²) in [4.78, 5) is 23.2. The third kappa shape index (κ3) is 5.67. The molecular formula is C17H13BrFNO3. The molecule has 0 aliphatic rings. The van der Waals surface area contributed by atoms with Crippen LogP contribution in [-0.2, 0) is 14.3 Å². The standard InChI is InChI=1S/C17H13BrFNO3/c18-13-7-8-15(19)12(10-13)6-9-17(22)23-11-16(21)20-14-4-2-1-3-5-14/h1-10H,11H2,(H,20,21)/b9-6+. The van der Waals surface area contributed by atoms with Crippen molar-refractivity contribution in [3.05, 3.63) is 70.5 Å². The fraction of sp³-hybridized carbons (Fsp3) is 0.0588. The van der Waals surface area contributed by atoms with Gasteiger partial charge in [-0.25, -0.2) is 9.18 Å². The SMILES string of the molecule is O=C(COC(=O)/C=C/c1cc(Br)ccc1F)Nc1ccccc1. The normalized spacial score (nSPS) is 10.5. The van der Waals surface area contributed by atoms with Gasteiger partial charge in [-0.2, -0.15) is 0 Å². The lowest BCUT2D eigenvalue weighted by Gasteiger charge is -2.04. The first-order chi connectivity index (χ1) is 11.0. The maximum absolute atomic E-state index is 13.5. The minimum absolute atomic E-state index is 0.241. The number of carbonyl (C=O) groups excluding carboxylic acids is 2. The summed E-state index contributed by atoms with van der Waals surface area (Å²) in [5, 5.41) is 2.58. The van der Waals surface area contributed by atoms with Gasteiger partial charge in [-0.15, -0.1) is 0 Å². The molecular weight excluding hydrogens is 365 g/mol. The van der Waals surface area contributed by atoms with E-state index in [1.54, 1.807) is 30.3 Å². The van der Waals surface area contributed by atoms with Crippen LogP contribution in [0.5, 0.6) is 0 Å². The number of hydrogen-bond donors (Lipinski definition) is 1. The Morgan fingerprint density at radius 1 is 1.17 bits per heavy atom. The molecule has 0 spiro atoms. The number of anilines is 1. The van der Waals surface area contributed by atoms with E-state index in [-0.39, 0.29) is 5.56 Å². The van der Waals surface area contributed by atoms with Crippen molar-refractivity contribution in [1.29, 1.82) is 0 Å². The average molecular weight is 378 g/mol. The summed E-state index contributed by atoms with van der Waals surface area (Å²) in [5.74, 6) is -1.64. The van der Waals surface area contributed by atoms with Crippen LogP contribution in [0, 0.1) is 5.82 Å². The Bertz CT molecular complexity index is 732. The highest BCUT2D eigenvalue weighted by molar-refractivity contribution is 9.10. The molecule has 0 aliphatic carbocycles. The number of esters is 1. The first-order valence-electron chi connectivity index (χ1n) is 6.69. The van der Waals surface area contributed by atoms with Crippen LogP contribution in [0.4, 0.5) is 10.1 Å². The van der Waals surface area contributed by atoms with E-state index < -0.39 is 24.3 Å². The molecule has 0 aliphatic heterocycles. The molecule has 23 heavy (non-hydrogen) atoms. The van der Waals surface area contributed by atoms with Gasteiger partial charge in [-0.05, 0) is 36.4 Å². The van der Waals surface area contributed by atoms with Gasteiger partial charge in [-0.1, -0.05) is 34.1 Å². The van der Waals surface area contributed by atoms with Gasteiger partial charge in [0.15, 0.2) is 6.61 Å². The van der Waals surface area contributed by atoms with E-state index in [0.29, 0.717) is 10.2 Å². The Morgan fingerprint density at radius 2 is 1.91 bits per heavy atom. The molecule has 0 unspecified atom stereocenters. The van der Waals surface area contributed by atoms with Crippen molar-refractivity contribution < 1.29 is 18.7 Å². The summed E-state index contributed by atoms with van der Waals surface area (Å²) in [5.41, 5.74) is 0.852. The number of nitrogens with one attached hydrogen (secondary N) is 1. The lowest BCUT2D eigenvalue weighted by Crippen LogP contribution is -2.20. The number of benzene rings is 2. The number of halogens is 2. The molecule has 0 saturated carbocycles. The van der Waals surface area contributed by atoms with Crippen LogP contribution in [-0.4, -0.2) is 18.5 Å². The zero-order chi connectivity index (χ0) is 16.7. The molecule has 4 nitrogen and oxygen atoms in total. The highest BCUT2D eigenvalue weighted by Crippen LogP contribution is 2.16. The zero-order valence-corrected chi connectivity index (χ0v) is 13.5. The highest BCUT2D eigenvalue weighted by Gasteiger charge is 2.06. The quantitative estimate of drug-likeness (QED) is 0.637. The maximum Gasteiger partial charge on any atom is 0.331 e. The molecule has 0 bridgehead atoms. The number of amides is 1. The van der Waals surface area contributed by atoms with Crippen LogP contribution < -0.4 is 5.32 Å². The van der Waals surface area contributed by atoms with E-state index in [9.17, 15) is 14.0 Å². The Balaban J connectivity index is 1.84. The fourth-order valence-electron chi connectivity index (χ4n) is 1.70. The van der Waals surface area contributed by atoms with Gasteiger partial charge in [0.1, 0.15) is 5.82 Å². The smallest absolute Gasteiger partial charge is 0.331 e. The van der Waals surface area contributed by atoms with Crippen molar-refractivity contribution in [2.24, 2.45) is 0 Å². The van der Waals surface area contributed by atoms with E-state index in [4.69, 9.17) is 4.74 Å². The lowest BCUT2D eigenvalue weighted by atomic mass is 10.2. The second kappa shape index (κ2) is 8.24. The molecule has 1 amide bonds. The molecule has 0 saturated heterocycles. The second-order valence-corrected chi connectivity index (χ2v) is 5.44. The molecule has 0 fully saturated rings. The van der Waals surface area contributed by atoms with Crippen molar-refractivity contribution in [2.75, 3.05) is 11.9 Å². The molecule has 6 heteroatoms. The molecule has 118 valence electrons. The third-order valence-electron chi connectivity index (χ3n) is 2.76. The summed E-state index contributed by atoms with van der Waals surface area (Å²) in [6.07, 6.45) is 2.36. The molecule has 0 radical (unpaired) electrons. The maximum atomic E-state index is 13.5. The number of carbonyl (C=O) groups is 2. The summed E-state index contributed by atoms with van der Waals surface area (Å²) < 4.78 is 19.0. The van der Waals surface area contributed by atoms with Gasteiger partial charge in [0, 0.05) is 21.8 Å². The molecule has 0 heterocycles. The third-order valence-corrected chi connectivity index (χ3v) is 3.25. The van der Waals surface area contributed by atoms with Crippen LogP contribution >= 0.6 is 15.9 Å². The summed E-state index contributed by atoms with van der Waals surface area (Å²) in [6, 6.07) is 13.2. The van der Waals surface area contributed by atoms with Crippen molar-refractivity contribution in [1.82, 2.24) is 0 Å². The number of para-hydroxylation sites is 1. The van der Waals surface area contributed by atoms with Gasteiger partial charge in [0.05, 0.1) is 0 Å². The zero-order valence-electron chi connectivity index (χ0n) is 12.0. The van der Waals surface area contributed by atoms with E-state index in [1.165, 1.54) is 18.2 Å². The number of ether oxygens (including phenoxy) is 1. The Morgan fingerprint density at radius 3 is 2.65 bits per heavy atom. The van der Waals surface area contributed by atoms with Crippen LogP contribution in [0.1, 0.15) is 5.56 Å². The Hall–Kier alpha value is -2.47. The Kier molecular flexibility index (Phi) is 6.05. The van der Waals surface area contributed by atoms with Gasteiger partial charge in [0.25, 0.3) is 5.91 Å². The van der Waals surface area contributed by atoms with Gasteiger partial charge >= 0.3 is 5.97 Å². The number of hydrogen-bond acceptors (Lipinski definition) is 3. The average Bonchev–Trinajstić information content (AvgIpc) is 2.54. The molecule has 2 aromatic carbocycles. The predicted molar refractivity (Wildman–Crippen MR) is 89.2 cm³/mol. The van der Waals surface area contributed by atoms with Crippen molar-refractivity contribution >= 4 is 39.6 Å². The van der Waals surface area contributed by atoms with Gasteiger partial charge in [0.2, 0.25) is 0 Å². The fourth-order valence-corrected chi connectivity index (χ4v) is 2.08. The van der Waals surface area contributed by atoms with Gasteiger partial charge < -0.3 is 10.1 Å². The van der Waals surface area contributed by atoms with E-state index >= 15 is 0 Å².